The maximum Gasteiger partial charge on any atom is 0.0353 e. The normalized spacial score (nSPS) is 22.0. The van der Waals surface area contributed by atoms with Crippen LogP contribution in [0.25, 0.3) is 0 Å². The summed E-state index contributed by atoms with van der Waals surface area (Å²) < 4.78 is 0. The standard InChI is InChI=1S/C19H31N/c1-6-11-20-18(17-13-19(17,4)5)16-9-7-15(8-10-16)12-14(2)3/h7-10,14,17-18,20H,6,11-13H2,1-5H3. The van der Waals surface area contributed by atoms with E-state index in [9.17, 15) is 0 Å². The van der Waals surface area contributed by atoms with E-state index in [4.69, 9.17) is 0 Å². The summed E-state index contributed by atoms with van der Waals surface area (Å²) in [5.74, 6) is 1.53. The Balaban J connectivity index is 2.08. The third kappa shape index (κ3) is 3.85. The van der Waals surface area contributed by atoms with Gasteiger partial charge in [0.2, 0.25) is 0 Å². The minimum Gasteiger partial charge on any atom is -0.310 e. The van der Waals surface area contributed by atoms with Gasteiger partial charge in [0.05, 0.1) is 0 Å². The summed E-state index contributed by atoms with van der Waals surface area (Å²) in [6, 6.07) is 9.88. The highest BCUT2D eigenvalue weighted by atomic mass is 14.9. The first-order chi connectivity index (χ1) is 9.44. The number of rotatable bonds is 7. The van der Waals surface area contributed by atoms with Crippen LogP contribution in [0.1, 0.15) is 64.6 Å². The molecule has 1 aliphatic carbocycles. The summed E-state index contributed by atoms with van der Waals surface area (Å²) in [5, 5.41) is 3.76. The van der Waals surface area contributed by atoms with Gasteiger partial charge in [0.1, 0.15) is 0 Å². The summed E-state index contributed by atoms with van der Waals surface area (Å²) in [6.07, 6.45) is 3.74. The van der Waals surface area contributed by atoms with Gasteiger partial charge in [0.25, 0.3) is 0 Å². The molecule has 1 saturated carbocycles. The van der Waals surface area contributed by atoms with Crippen molar-refractivity contribution in [3.63, 3.8) is 0 Å². The molecule has 20 heavy (non-hydrogen) atoms. The largest absolute Gasteiger partial charge is 0.310 e. The fraction of sp³-hybridized carbons (Fsp3) is 0.684. The van der Waals surface area contributed by atoms with E-state index in [2.05, 4.69) is 64.2 Å². The Morgan fingerprint density at radius 3 is 2.25 bits per heavy atom. The van der Waals surface area contributed by atoms with E-state index in [1.54, 1.807) is 0 Å². The first-order valence-electron chi connectivity index (χ1n) is 8.26. The van der Waals surface area contributed by atoms with E-state index >= 15 is 0 Å². The van der Waals surface area contributed by atoms with E-state index < -0.39 is 0 Å². The van der Waals surface area contributed by atoms with Gasteiger partial charge in [-0.2, -0.15) is 0 Å². The van der Waals surface area contributed by atoms with E-state index in [0.29, 0.717) is 11.5 Å². The molecule has 1 aromatic rings. The lowest BCUT2D eigenvalue weighted by Crippen LogP contribution is -2.25. The summed E-state index contributed by atoms with van der Waals surface area (Å²) in [6.45, 7) is 12.7. The fourth-order valence-corrected chi connectivity index (χ4v) is 3.20. The van der Waals surface area contributed by atoms with Gasteiger partial charge in [-0.05, 0) is 54.2 Å². The quantitative estimate of drug-likeness (QED) is 0.739. The van der Waals surface area contributed by atoms with Crippen LogP contribution in [0.5, 0.6) is 0 Å². The smallest absolute Gasteiger partial charge is 0.0353 e. The average molecular weight is 273 g/mol. The maximum absolute atomic E-state index is 3.76. The van der Waals surface area contributed by atoms with Crippen molar-refractivity contribution in [1.82, 2.24) is 5.32 Å². The zero-order valence-corrected chi connectivity index (χ0v) is 13.9. The molecule has 2 rings (SSSR count). The summed E-state index contributed by atoms with van der Waals surface area (Å²) in [4.78, 5) is 0. The lowest BCUT2D eigenvalue weighted by atomic mass is 9.94. The van der Waals surface area contributed by atoms with Gasteiger partial charge in [-0.3, -0.25) is 0 Å². The number of hydrogen-bond acceptors (Lipinski definition) is 1. The second kappa shape index (κ2) is 6.30. The molecule has 0 spiro atoms. The fourth-order valence-electron chi connectivity index (χ4n) is 3.20. The topological polar surface area (TPSA) is 12.0 Å². The zero-order valence-electron chi connectivity index (χ0n) is 13.9. The van der Waals surface area contributed by atoms with Crippen molar-refractivity contribution in [1.29, 1.82) is 0 Å². The first kappa shape index (κ1) is 15.6. The van der Waals surface area contributed by atoms with Crippen LogP contribution in [0.2, 0.25) is 0 Å². The third-order valence-corrected chi connectivity index (χ3v) is 4.59. The molecule has 0 radical (unpaired) electrons. The minimum absolute atomic E-state index is 0.516. The first-order valence-corrected chi connectivity index (χ1v) is 8.26. The van der Waals surface area contributed by atoms with Gasteiger partial charge in [0.15, 0.2) is 0 Å². The molecule has 1 N–H and O–H groups in total. The zero-order chi connectivity index (χ0) is 14.8. The van der Waals surface area contributed by atoms with Crippen LogP contribution >= 0.6 is 0 Å². The van der Waals surface area contributed by atoms with Crippen molar-refractivity contribution in [3.8, 4) is 0 Å². The Kier molecular flexibility index (Phi) is 4.90. The Morgan fingerprint density at radius 2 is 1.80 bits per heavy atom. The lowest BCUT2D eigenvalue weighted by Gasteiger charge is -2.21. The van der Waals surface area contributed by atoms with Crippen LogP contribution < -0.4 is 5.32 Å². The molecule has 1 nitrogen and oxygen atoms in total. The molecule has 0 saturated heterocycles. The Bertz CT molecular complexity index is 416. The molecule has 0 amide bonds. The lowest BCUT2D eigenvalue weighted by molar-refractivity contribution is 0.416. The highest BCUT2D eigenvalue weighted by Gasteiger charge is 2.50. The predicted octanol–water partition coefficient (Wildman–Crippen LogP) is 4.97. The molecule has 2 atom stereocenters. The molecular formula is C19H31N. The van der Waals surface area contributed by atoms with Gasteiger partial charge in [-0.15, -0.1) is 0 Å². The summed E-state index contributed by atoms with van der Waals surface area (Å²) in [5.41, 5.74) is 3.46. The van der Waals surface area contributed by atoms with Crippen LogP contribution in [-0.2, 0) is 6.42 Å². The molecule has 0 aromatic heterocycles. The van der Waals surface area contributed by atoms with Crippen LogP contribution in [-0.4, -0.2) is 6.54 Å². The van der Waals surface area contributed by atoms with Crippen molar-refractivity contribution in [3.05, 3.63) is 35.4 Å². The highest BCUT2D eigenvalue weighted by Crippen LogP contribution is 2.57. The molecule has 0 heterocycles. The number of benzene rings is 1. The predicted molar refractivity (Wildman–Crippen MR) is 87.9 cm³/mol. The molecule has 1 aliphatic rings. The number of nitrogens with one attached hydrogen (secondary N) is 1. The molecule has 1 fully saturated rings. The molecule has 112 valence electrons. The molecule has 1 aromatic carbocycles. The van der Waals surface area contributed by atoms with Crippen molar-refractivity contribution < 1.29 is 0 Å². The van der Waals surface area contributed by atoms with E-state index in [1.165, 1.54) is 30.4 Å². The second-order valence-corrected chi connectivity index (χ2v) is 7.57. The van der Waals surface area contributed by atoms with Crippen LogP contribution in [0, 0.1) is 17.3 Å². The van der Waals surface area contributed by atoms with Crippen LogP contribution in [0.15, 0.2) is 24.3 Å². The summed E-state index contributed by atoms with van der Waals surface area (Å²) in [7, 11) is 0. The number of hydrogen-bond donors (Lipinski definition) is 1. The SMILES string of the molecule is CCCNC(c1ccc(CC(C)C)cc1)C1CC1(C)C. The van der Waals surface area contributed by atoms with E-state index in [-0.39, 0.29) is 0 Å². The Labute approximate surface area is 125 Å². The minimum atomic E-state index is 0.516. The van der Waals surface area contributed by atoms with Gasteiger partial charge in [0, 0.05) is 6.04 Å². The highest BCUT2D eigenvalue weighted by molar-refractivity contribution is 5.28. The van der Waals surface area contributed by atoms with Crippen molar-refractivity contribution in [2.75, 3.05) is 6.54 Å². The summed E-state index contributed by atoms with van der Waals surface area (Å²) >= 11 is 0. The molecule has 0 aliphatic heterocycles. The van der Waals surface area contributed by atoms with Gasteiger partial charge >= 0.3 is 0 Å². The van der Waals surface area contributed by atoms with Crippen LogP contribution in [0.4, 0.5) is 0 Å². The Hall–Kier alpha value is -0.820. The molecule has 2 unspecified atom stereocenters. The molecular weight excluding hydrogens is 242 g/mol. The maximum atomic E-state index is 3.76. The third-order valence-electron chi connectivity index (χ3n) is 4.59. The van der Waals surface area contributed by atoms with E-state index in [1.807, 2.05) is 0 Å². The molecule has 0 bridgehead atoms. The average Bonchev–Trinajstić information content (AvgIpc) is 3.00. The molecule has 1 heteroatoms. The van der Waals surface area contributed by atoms with Gasteiger partial charge < -0.3 is 5.32 Å². The van der Waals surface area contributed by atoms with Gasteiger partial charge in [-0.1, -0.05) is 58.9 Å². The van der Waals surface area contributed by atoms with Gasteiger partial charge in [-0.25, -0.2) is 0 Å². The van der Waals surface area contributed by atoms with Crippen molar-refractivity contribution in [2.24, 2.45) is 17.3 Å². The second-order valence-electron chi connectivity index (χ2n) is 7.57. The van der Waals surface area contributed by atoms with Crippen molar-refractivity contribution >= 4 is 0 Å². The monoisotopic (exact) mass is 273 g/mol. The van der Waals surface area contributed by atoms with Crippen LogP contribution in [0.3, 0.4) is 0 Å². The Morgan fingerprint density at radius 1 is 1.20 bits per heavy atom. The van der Waals surface area contributed by atoms with Crippen molar-refractivity contribution in [2.45, 2.75) is 59.9 Å². The van der Waals surface area contributed by atoms with E-state index in [0.717, 1.165) is 18.4 Å².